The van der Waals surface area contributed by atoms with Crippen LogP contribution in [0.1, 0.15) is 26.3 Å². The summed E-state index contributed by atoms with van der Waals surface area (Å²) in [6.07, 6.45) is 3.13. The highest BCUT2D eigenvalue weighted by Crippen LogP contribution is 2.19. The van der Waals surface area contributed by atoms with Crippen molar-refractivity contribution in [1.82, 2.24) is 4.98 Å². The second kappa shape index (κ2) is 8.14. The largest absolute Gasteiger partial charge is 0.465 e. The molecular weight excluding hydrogens is 342 g/mol. The smallest absolute Gasteiger partial charge is 0.337 e. The number of aromatic nitrogens is 1. The van der Waals surface area contributed by atoms with Crippen LogP contribution in [0, 0.1) is 6.92 Å². The number of anilines is 3. The van der Waals surface area contributed by atoms with Crippen LogP contribution in [0.15, 0.2) is 67.0 Å². The molecule has 3 aromatic rings. The summed E-state index contributed by atoms with van der Waals surface area (Å²) in [5, 5.41) is 6.02. The summed E-state index contributed by atoms with van der Waals surface area (Å²) >= 11 is 0. The Kier molecular flexibility index (Phi) is 5.47. The highest BCUT2D eigenvalue weighted by Gasteiger charge is 2.09. The number of nitrogens with one attached hydrogen (secondary N) is 2. The molecular formula is C21H19N3O3. The van der Waals surface area contributed by atoms with Crippen molar-refractivity contribution in [2.75, 3.05) is 17.7 Å². The van der Waals surface area contributed by atoms with Crippen molar-refractivity contribution in [2.45, 2.75) is 6.92 Å². The minimum absolute atomic E-state index is 0.238. The number of esters is 1. The maximum absolute atomic E-state index is 12.5. The molecule has 2 N–H and O–H groups in total. The number of nitrogens with zero attached hydrogens (tertiary/aromatic N) is 1. The zero-order valence-electron chi connectivity index (χ0n) is 15.0. The number of methoxy groups -OCH3 is 1. The van der Waals surface area contributed by atoms with Crippen LogP contribution in [0.5, 0.6) is 0 Å². The summed E-state index contributed by atoms with van der Waals surface area (Å²) in [7, 11) is 1.34. The van der Waals surface area contributed by atoms with E-state index in [1.807, 2.05) is 31.2 Å². The Morgan fingerprint density at radius 3 is 2.37 bits per heavy atom. The third kappa shape index (κ3) is 4.70. The minimum Gasteiger partial charge on any atom is -0.465 e. The van der Waals surface area contributed by atoms with E-state index < -0.39 is 5.97 Å². The van der Waals surface area contributed by atoms with Gasteiger partial charge in [0.15, 0.2) is 0 Å². The fourth-order valence-electron chi connectivity index (χ4n) is 2.53. The molecule has 0 aliphatic heterocycles. The molecule has 0 aliphatic rings. The molecule has 6 nitrogen and oxygen atoms in total. The number of hydrogen-bond donors (Lipinski definition) is 2. The van der Waals surface area contributed by atoms with Gasteiger partial charge in [-0.3, -0.25) is 9.78 Å². The average molecular weight is 361 g/mol. The van der Waals surface area contributed by atoms with Crippen LogP contribution in [0.25, 0.3) is 0 Å². The Hall–Kier alpha value is -3.67. The fraction of sp³-hybridized carbons (Fsp3) is 0.0952. The van der Waals surface area contributed by atoms with Gasteiger partial charge >= 0.3 is 5.97 Å². The molecule has 0 unspecified atom stereocenters. The van der Waals surface area contributed by atoms with Gasteiger partial charge in [-0.2, -0.15) is 0 Å². The highest BCUT2D eigenvalue weighted by atomic mass is 16.5. The molecule has 2 aromatic carbocycles. The van der Waals surface area contributed by atoms with Gasteiger partial charge in [-0.05, 0) is 55.0 Å². The number of ether oxygens (including phenoxy) is 1. The first-order chi connectivity index (χ1) is 13.0. The molecule has 0 atom stereocenters. The lowest BCUT2D eigenvalue weighted by Crippen LogP contribution is -2.12. The molecule has 0 aliphatic carbocycles. The predicted octanol–water partition coefficient (Wildman–Crippen LogP) is 4.17. The Balaban J connectivity index is 1.71. The van der Waals surface area contributed by atoms with Gasteiger partial charge in [0, 0.05) is 17.6 Å². The van der Waals surface area contributed by atoms with Gasteiger partial charge in [0.2, 0.25) is 0 Å². The molecule has 0 radical (unpaired) electrons. The summed E-state index contributed by atoms with van der Waals surface area (Å²) in [5.74, 6) is -0.629. The molecule has 1 heterocycles. The number of rotatable bonds is 5. The van der Waals surface area contributed by atoms with Crippen LogP contribution in [0.3, 0.4) is 0 Å². The SMILES string of the molecule is COC(=O)c1ccc(Nc2cncc(C(=O)Nc3cccc(C)c3)c2)cc1. The summed E-state index contributed by atoms with van der Waals surface area (Å²) in [4.78, 5) is 28.1. The fourth-order valence-corrected chi connectivity index (χ4v) is 2.53. The van der Waals surface area contributed by atoms with Gasteiger partial charge < -0.3 is 15.4 Å². The maximum atomic E-state index is 12.5. The number of pyridine rings is 1. The molecule has 6 heteroatoms. The first-order valence-electron chi connectivity index (χ1n) is 8.33. The summed E-state index contributed by atoms with van der Waals surface area (Å²) < 4.78 is 4.68. The lowest BCUT2D eigenvalue weighted by molar-refractivity contribution is 0.0600. The number of carbonyl (C=O) groups is 2. The van der Waals surface area contributed by atoms with Crippen LogP contribution in [-0.2, 0) is 4.74 Å². The molecule has 0 spiro atoms. The summed E-state index contributed by atoms with van der Waals surface area (Å²) in [5.41, 5.74) is 4.13. The van der Waals surface area contributed by atoms with E-state index in [2.05, 4.69) is 20.4 Å². The van der Waals surface area contributed by atoms with Gasteiger partial charge in [-0.25, -0.2) is 4.79 Å². The molecule has 136 valence electrons. The number of amides is 1. The van der Waals surface area contributed by atoms with E-state index in [9.17, 15) is 9.59 Å². The van der Waals surface area contributed by atoms with Gasteiger partial charge in [0.05, 0.1) is 30.1 Å². The van der Waals surface area contributed by atoms with Crippen molar-refractivity contribution in [3.8, 4) is 0 Å². The average Bonchev–Trinajstić information content (AvgIpc) is 2.68. The van der Waals surface area contributed by atoms with E-state index in [1.54, 1.807) is 36.5 Å². The Bertz CT molecular complexity index is 968. The maximum Gasteiger partial charge on any atom is 0.337 e. The Morgan fingerprint density at radius 2 is 1.67 bits per heavy atom. The van der Waals surface area contributed by atoms with Crippen LogP contribution in [-0.4, -0.2) is 24.0 Å². The Morgan fingerprint density at radius 1 is 0.889 bits per heavy atom. The third-order valence-corrected chi connectivity index (χ3v) is 3.87. The highest BCUT2D eigenvalue weighted by molar-refractivity contribution is 6.04. The molecule has 0 fully saturated rings. The first kappa shape index (κ1) is 18.1. The second-order valence-electron chi connectivity index (χ2n) is 5.98. The van der Waals surface area contributed by atoms with Crippen molar-refractivity contribution in [3.63, 3.8) is 0 Å². The van der Waals surface area contributed by atoms with Crippen molar-refractivity contribution < 1.29 is 14.3 Å². The zero-order chi connectivity index (χ0) is 19.2. The van der Waals surface area contributed by atoms with Crippen LogP contribution in [0.4, 0.5) is 17.1 Å². The number of aryl methyl sites for hydroxylation is 1. The van der Waals surface area contributed by atoms with Crippen LogP contribution < -0.4 is 10.6 Å². The lowest BCUT2D eigenvalue weighted by Gasteiger charge is -2.09. The van der Waals surface area contributed by atoms with Gasteiger partial charge in [-0.15, -0.1) is 0 Å². The number of carbonyl (C=O) groups excluding carboxylic acids is 2. The zero-order valence-corrected chi connectivity index (χ0v) is 15.0. The third-order valence-electron chi connectivity index (χ3n) is 3.87. The van der Waals surface area contributed by atoms with E-state index in [0.717, 1.165) is 16.9 Å². The molecule has 1 aromatic heterocycles. The van der Waals surface area contributed by atoms with Crippen molar-refractivity contribution in [3.05, 3.63) is 83.7 Å². The minimum atomic E-state index is -0.391. The quantitative estimate of drug-likeness (QED) is 0.667. The molecule has 0 bridgehead atoms. The van der Waals surface area contributed by atoms with E-state index in [1.165, 1.54) is 13.3 Å². The number of hydrogen-bond acceptors (Lipinski definition) is 5. The van der Waals surface area contributed by atoms with Crippen molar-refractivity contribution >= 4 is 28.9 Å². The lowest BCUT2D eigenvalue weighted by atomic mass is 10.2. The summed E-state index contributed by atoms with van der Waals surface area (Å²) in [6, 6.07) is 16.1. The van der Waals surface area contributed by atoms with Gasteiger partial charge in [0.1, 0.15) is 0 Å². The van der Waals surface area contributed by atoms with E-state index in [0.29, 0.717) is 16.8 Å². The van der Waals surface area contributed by atoms with E-state index in [-0.39, 0.29) is 5.91 Å². The second-order valence-corrected chi connectivity index (χ2v) is 5.98. The normalized spacial score (nSPS) is 10.1. The van der Waals surface area contributed by atoms with Gasteiger partial charge in [0.25, 0.3) is 5.91 Å². The molecule has 0 saturated heterocycles. The standard InChI is InChI=1S/C21H19N3O3/c1-14-4-3-5-18(10-14)24-20(25)16-11-19(13-22-12-16)23-17-8-6-15(7-9-17)21(26)27-2/h3-13,23H,1-2H3,(H,24,25). The van der Waals surface area contributed by atoms with Gasteiger partial charge in [-0.1, -0.05) is 12.1 Å². The van der Waals surface area contributed by atoms with Crippen molar-refractivity contribution in [1.29, 1.82) is 0 Å². The summed E-state index contributed by atoms with van der Waals surface area (Å²) in [6.45, 7) is 1.97. The molecule has 3 rings (SSSR count). The predicted molar refractivity (Wildman–Crippen MR) is 104 cm³/mol. The molecule has 0 saturated carbocycles. The van der Waals surface area contributed by atoms with E-state index >= 15 is 0 Å². The van der Waals surface area contributed by atoms with E-state index in [4.69, 9.17) is 0 Å². The monoisotopic (exact) mass is 361 g/mol. The Labute approximate surface area is 157 Å². The molecule has 27 heavy (non-hydrogen) atoms. The van der Waals surface area contributed by atoms with Crippen molar-refractivity contribution in [2.24, 2.45) is 0 Å². The molecule has 1 amide bonds. The first-order valence-corrected chi connectivity index (χ1v) is 8.33. The van der Waals surface area contributed by atoms with Crippen LogP contribution in [0.2, 0.25) is 0 Å². The van der Waals surface area contributed by atoms with Crippen LogP contribution >= 0.6 is 0 Å². The topological polar surface area (TPSA) is 80.3 Å². The number of benzene rings is 2.